The van der Waals surface area contributed by atoms with Crippen molar-refractivity contribution in [3.63, 3.8) is 0 Å². The van der Waals surface area contributed by atoms with E-state index in [9.17, 15) is 0 Å². The first-order valence-electron chi connectivity index (χ1n) is 6.34. The molecular formula is C14H21IN2. The number of piperidine rings is 1. The summed E-state index contributed by atoms with van der Waals surface area (Å²) in [5, 5.41) is 0. The van der Waals surface area contributed by atoms with E-state index in [0.29, 0.717) is 5.41 Å². The van der Waals surface area contributed by atoms with Gasteiger partial charge in [0.05, 0.1) is 5.69 Å². The highest BCUT2D eigenvalue weighted by atomic mass is 127. The zero-order valence-corrected chi connectivity index (χ0v) is 12.8. The smallest absolute Gasteiger partial charge is 0.0503 e. The van der Waals surface area contributed by atoms with Crippen LogP contribution in [0.4, 0.5) is 11.4 Å². The van der Waals surface area contributed by atoms with Gasteiger partial charge in [-0.15, -0.1) is 0 Å². The van der Waals surface area contributed by atoms with Crippen LogP contribution in [0.3, 0.4) is 0 Å². The van der Waals surface area contributed by atoms with Gasteiger partial charge in [0, 0.05) is 22.3 Å². The monoisotopic (exact) mass is 344 g/mol. The van der Waals surface area contributed by atoms with Gasteiger partial charge in [-0.3, -0.25) is 0 Å². The van der Waals surface area contributed by atoms with Gasteiger partial charge in [-0.25, -0.2) is 0 Å². The van der Waals surface area contributed by atoms with Gasteiger partial charge < -0.3 is 10.6 Å². The van der Waals surface area contributed by atoms with Crippen LogP contribution in [0.25, 0.3) is 0 Å². The van der Waals surface area contributed by atoms with Crippen molar-refractivity contribution >= 4 is 34.0 Å². The van der Waals surface area contributed by atoms with Crippen molar-refractivity contribution in [3.8, 4) is 0 Å². The van der Waals surface area contributed by atoms with Gasteiger partial charge in [-0.05, 0) is 59.0 Å². The third kappa shape index (κ3) is 2.87. The lowest BCUT2D eigenvalue weighted by atomic mass is 9.78. The second-order valence-electron chi connectivity index (χ2n) is 5.36. The molecule has 0 saturated carbocycles. The largest absolute Gasteiger partial charge is 0.399 e. The van der Waals surface area contributed by atoms with E-state index >= 15 is 0 Å². The number of anilines is 2. The van der Waals surface area contributed by atoms with Gasteiger partial charge in [0.15, 0.2) is 0 Å². The number of nitrogens with two attached hydrogens (primary N) is 1. The number of hydrogen-bond acceptors (Lipinski definition) is 2. The Morgan fingerprint density at radius 3 is 2.53 bits per heavy atom. The second kappa shape index (κ2) is 5.04. The zero-order valence-electron chi connectivity index (χ0n) is 10.7. The topological polar surface area (TPSA) is 29.3 Å². The van der Waals surface area contributed by atoms with Crippen LogP contribution in [-0.2, 0) is 0 Å². The Morgan fingerprint density at radius 1 is 1.35 bits per heavy atom. The van der Waals surface area contributed by atoms with E-state index in [1.807, 2.05) is 6.07 Å². The highest BCUT2D eigenvalue weighted by Crippen LogP contribution is 2.36. The molecule has 17 heavy (non-hydrogen) atoms. The Hall–Kier alpha value is -0.450. The van der Waals surface area contributed by atoms with Crippen LogP contribution in [0.2, 0.25) is 0 Å². The molecular weight excluding hydrogens is 323 g/mol. The summed E-state index contributed by atoms with van der Waals surface area (Å²) in [7, 11) is 0. The Balaban J connectivity index is 2.10. The Morgan fingerprint density at radius 2 is 2.00 bits per heavy atom. The average molecular weight is 344 g/mol. The molecule has 0 radical (unpaired) electrons. The SMILES string of the molecule is CCC1(C)CCN(c2ccc(N)cc2I)CC1. The van der Waals surface area contributed by atoms with Crippen molar-refractivity contribution < 1.29 is 0 Å². The fourth-order valence-electron chi connectivity index (χ4n) is 2.42. The van der Waals surface area contributed by atoms with Crippen LogP contribution >= 0.6 is 22.6 Å². The number of nitrogen functional groups attached to an aromatic ring is 1. The molecule has 0 bridgehead atoms. The Kier molecular flexibility index (Phi) is 3.85. The van der Waals surface area contributed by atoms with E-state index in [4.69, 9.17) is 5.73 Å². The molecule has 0 amide bonds. The normalized spacial score (nSPS) is 19.4. The van der Waals surface area contributed by atoms with E-state index in [0.717, 1.165) is 5.69 Å². The molecule has 2 rings (SSSR count). The van der Waals surface area contributed by atoms with Crippen LogP contribution in [0.5, 0.6) is 0 Å². The first-order valence-corrected chi connectivity index (χ1v) is 7.42. The Bertz CT molecular complexity index is 395. The van der Waals surface area contributed by atoms with Crippen LogP contribution in [0.15, 0.2) is 18.2 Å². The fraction of sp³-hybridized carbons (Fsp3) is 0.571. The summed E-state index contributed by atoms with van der Waals surface area (Å²) in [5.74, 6) is 0. The van der Waals surface area contributed by atoms with Crippen molar-refractivity contribution in [1.82, 2.24) is 0 Å². The van der Waals surface area contributed by atoms with Crippen molar-refractivity contribution in [1.29, 1.82) is 0 Å². The van der Waals surface area contributed by atoms with Crippen LogP contribution < -0.4 is 10.6 Å². The molecule has 1 aromatic carbocycles. The number of halogens is 1. The van der Waals surface area contributed by atoms with Gasteiger partial charge >= 0.3 is 0 Å². The molecule has 1 aliphatic heterocycles. The van der Waals surface area contributed by atoms with Crippen LogP contribution in [-0.4, -0.2) is 13.1 Å². The lowest BCUT2D eigenvalue weighted by Crippen LogP contribution is -2.38. The number of nitrogens with zero attached hydrogens (tertiary/aromatic N) is 1. The maximum Gasteiger partial charge on any atom is 0.0503 e. The van der Waals surface area contributed by atoms with E-state index < -0.39 is 0 Å². The maximum atomic E-state index is 5.80. The van der Waals surface area contributed by atoms with E-state index in [2.05, 4.69) is 53.5 Å². The minimum absolute atomic E-state index is 0.551. The highest BCUT2D eigenvalue weighted by molar-refractivity contribution is 14.1. The third-order valence-electron chi connectivity index (χ3n) is 4.14. The van der Waals surface area contributed by atoms with Crippen molar-refractivity contribution in [2.45, 2.75) is 33.1 Å². The van der Waals surface area contributed by atoms with Gasteiger partial charge in [0.2, 0.25) is 0 Å². The van der Waals surface area contributed by atoms with E-state index in [1.165, 1.54) is 41.6 Å². The highest BCUT2D eigenvalue weighted by Gasteiger charge is 2.28. The summed E-state index contributed by atoms with van der Waals surface area (Å²) in [4.78, 5) is 2.50. The zero-order chi connectivity index (χ0) is 12.5. The molecule has 94 valence electrons. The predicted molar refractivity (Wildman–Crippen MR) is 83.4 cm³/mol. The molecule has 0 aliphatic carbocycles. The maximum absolute atomic E-state index is 5.80. The standard InChI is InChI=1S/C14H21IN2/c1-3-14(2)6-8-17(9-7-14)13-5-4-11(16)10-12(13)15/h4-5,10H,3,6-9,16H2,1-2H3. The summed E-state index contributed by atoms with van der Waals surface area (Å²) in [5.41, 5.74) is 8.55. The van der Waals surface area contributed by atoms with Gasteiger partial charge in [-0.2, -0.15) is 0 Å². The molecule has 1 fully saturated rings. The van der Waals surface area contributed by atoms with Crippen molar-refractivity contribution in [3.05, 3.63) is 21.8 Å². The first kappa shape index (κ1) is 13.0. The van der Waals surface area contributed by atoms with Crippen molar-refractivity contribution in [2.75, 3.05) is 23.7 Å². The minimum atomic E-state index is 0.551. The van der Waals surface area contributed by atoms with Gasteiger partial charge in [0.1, 0.15) is 0 Å². The van der Waals surface area contributed by atoms with E-state index in [-0.39, 0.29) is 0 Å². The van der Waals surface area contributed by atoms with Crippen LogP contribution in [0, 0.1) is 8.99 Å². The summed E-state index contributed by atoms with van der Waals surface area (Å²) in [6.07, 6.45) is 3.88. The van der Waals surface area contributed by atoms with Gasteiger partial charge in [0.25, 0.3) is 0 Å². The molecule has 1 saturated heterocycles. The lowest BCUT2D eigenvalue weighted by molar-refractivity contribution is 0.238. The lowest BCUT2D eigenvalue weighted by Gasteiger charge is -2.40. The molecule has 0 spiro atoms. The van der Waals surface area contributed by atoms with Crippen LogP contribution in [0.1, 0.15) is 33.1 Å². The van der Waals surface area contributed by atoms with Crippen molar-refractivity contribution in [2.24, 2.45) is 5.41 Å². The third-order valence-corrected chi connectivity index (χ3v) is 5.00. The Labute approximate surface area is 118 Å². The molecule has 1 heterocycles. The molecule has 2 N–H and O–H groups in total. The molecule has 0 aromatic heterocycles. The fourth-order valence-corrected chi connectivity index (χ4v) is 3.30. The first-order chi connectivity index (χ1) is 8.04. The quantitative estimate of drug-likeness (QED) is 0.652. The van der Waals surface area contributed by atoms with E-state index in [1.54, 1.807) is 0 Å². The minimum Gasteiger partial charge on any atom is -0.399 e. The summed E-state index contributed by atoms with van der Waals surface area (Å²) >= 11 is 2.38. The number of hydrogen-bond donors (Lipinski definition) is 1. The second-order valence-corrected chi connectivity index (χ2v) is 6.52. The summed E-state index contributed by atoms with van der Waals surface area (Å²) in [6, 6.07) is 6.22. The molecule has 1 aliphatic rings. The molecule has 2 nitrogen and oxygen atoms in total. The number of benzene rings is 1. The molecule has 1 aromatic rings. The molecule has 0 unspecified atom stereocenters. The summed E-state index contributed by atoms with van der Waals surface area (Å²) in [6.45, 7) is 7.06. The predicted octanol–water partition coefficient (Wildman–Crippen LogP) is 3.89. The summed E-state index contributed by atoms with van der Waals surface area (Å²) < 4.78 is 1.27. The number of rotatable bonds is 2. The average Bonchev–Trinajstić information content (AvgIpc) is 2.31. The molecule has 0 atom stereocenters. The molecule has 3 heteroatoms. The van der Waals surface area contributed by atoms with Gasteiger partial charge in [-0.1, -0.05) is 20.3 Å².